The Labute approximate surface area is 52.4 Å². The second-order valence-corrected chi connectivity index (χ2v) is 13.1. The fourth-order valence-corrected chi connectivity index (χ4v) is 0. The summed E-state index contributed by atoms with van der Waals surface area (Å²) in [5.74, 6) is 0. The predicted octanol–water partition coefficient (Wildman–Crippen LogP) is 1.47. The highest BCUT2D eigenvalue weighted by Crippen LogP contribution is 2.55. The number of hydrogen-bond donors (Lipinski definition) is 2. The Morgan fingerprint density at radius 2 is 1.29 bits per heavy atom. The van der Waals surface area contributed by atoms with E-state index in [2.05, 4.69) is 37.7 Å². The highest BCUT2D eigenvalue weighted by molar-refractivity contribution is 8.50. The van der Waals surface area contributed by atoms with Gasteiger partial charge in [0.1, 0.15) is 0 Å². The van der Waals surface area contributed by atoms with Crippen LogP contribution in [0.25, 0.3) is 0 Å². The lowest BCUT2D eigenvalue weighted by Crippen LogP contribution is -2.10. The Hall–Kier alpha value is 0.700. The molecule has 0 amide bonds. The third-order valence-corrected chi connectivity index (χ3v) is 5.09. The van der Waals surface area contributed by atoms with Gasteiger partial charge in [-0.1, -0.05) is 0 Å². The van der Waals surface area contributed by atoms with E-state index in [1.807, 2.05) is 0 Å². The third-order valence-electron chi connectivity index (χ3n) is 0.566. The molecule has 0 saturated carbocycles. The summed E-state index contributed by atoms with van der Waals surface area (Å²) in [6.07, 6.45) is 9.27. The van der Waals surface area contributed by atoms with Crippen molar-refractivity contribution in [2.24, 2.45) is 0 Å². The largest absolute Gasteiger partial charge is 0.285 e. The first-order chi connectivity index (χ1) is 2.81. The molecule has 0 aromatic heterocycles. The predicted molar refractivity (Wildman–Crippen MR) is 46.5 cm³/mol. The van der Waals surface area contributed by atoms with E-state index in [0.29, 0.717) is 0 Å². The Balaban J connectivity index is 3.83. The Morgan fingerprint density at radius 1 is 1.14 bits per heavy atom. The fraction of sp³-hybridized carbons (Fsp3) is 1.00. The zero-order valence-corrected chi connectivity index (χ0v) is 7.39. The van der Waals surface area contributed by atoms with Gasteiger partial charge in [-0.3, -0.25) is 9.16 Å². The summed E-state index contributed by atoms with van der Waals surface area (Å²) in [4.78, 5) is 0. The van der Waals surface area contributed by atoms with Crippen LogP contribution in [-0.4, -0.2) is 30.1 Å². The molecule has 0 nitrogen and oxygen atoms in total. The molecule has 0 unspecified atom stereocenters. The van der Waals surface area contributed by atoms with Crippen LogP contribution in [0.3, 0.4) is 0 Å². The molecule has 2 heteroatoms. The molecular formula is C5H16S2. The van der Waals surface area contributed by atoms with Gasteiger partial charge in [0.25, 0.3) is 0 Å². The molecule has 48 valence electrons. The van der Waals surface area contributed by atoms with Gasteiger partial charge in [-0.15, -0.1) is 0 Å². The van der Waals surface area contributed by atoms with Crippen molar-refractivity contribution < 1.29 is 0 Å². The van der Waals surface area contributed by atoms with Gasteiger partial charge in [-0.05, 0) is 25.0 Å². The SMILES string of the molecule is C[SH](C)(C)(C)CS. The van der Waals surface area contributed by atoms with Crippen LogP contribution in [0, 0.1) is 0 Å². The van der Waals surface area contributed by atoms with Gasteiger partial charge < -0.3 is 0 Å². The van der Waals surface area contributed by atoms with Crippen molar-refractivity contribution >= 4 is 21.8 Å². The fourth-order valence-electron chi connectivity index (χ4n) is 0. The van der Waals surface area contributed by atoms with E-state index in [-0.39, 0.29) is 0 Å². The minimum atomic E-state index is -1.21. The van der Waals surface area contributed by atoms with E-state index in [1.54, 1.807) is 0 Å². The van der Waals surface area contributed by atoms with Gasteiger partial charge in [0.15, 0.2) is 0 Å². The molecule has 0 saturated heterocycles. The van der Waals surface area contributed by atoms with Crippen molar-refractivity contribution in [1.82, 2.24) is 0 Å². The van der Waals surface area contributed by atoms with Crippen LogP contribution < -0.4 is 0 Å². The summed E-state index contributed by atoms with van der Waals surface area (Å²) >= 11 is 4.24. The summed E-state index contributed by atoms with van der Waals surface area (Å²) < 4.78 is 0. The van der Waals surface area contributed by atoms with Crippen molar-refractivity contribution in [3.05, 3.63) is 0 Å². The van der Waals surface area contributed by atoms with Crippen molar-refractivity contribution in [1.29, 1.82) is 0 Å². The molecule has 0 spiro atoms. The normalized spacial score (nSPS) is 18.1. The van der Waals surface area contributed by atoms with Crippen LogP contribution >= 0.6 is 21.8 Å². The minimum Gasteiger partial charge on any atom is -0.285 e. The number of thiol groups is 2. The quantitative estimate of drug-likeness (QED) is 0.506. The molecule has 0 heterocycles. The monoisotopic (exact) mass is 140 g/mol. The molecule has 0 radical (unpaired) electrons. The first-order valence-corrected chi connectivity index (χ1v) is 7.26. The highest BCUT2D eigenvalue weighted by Gasteiger charge is 2.14. The van der Waals surface area contributed by atoms with Gasteiger partial charge >= 0.3 is 0 Å². The van der Waals surface area contributed by atoms with Crippen molar-refractivity contribution in [2.75, 3.05) is 30.1 Å². The molecule has 0 N–H and O–H groups in total. The smallest absolute Gasteiger partial charge is 0.00711 e. The van der Waals surface area contributed by atoms with E-state index >= 15 is 0 Å². The van der Waals surface area contributed by atoms with Crippen molar-refractivity contribution in [3.63, 3.8) is 0 Å². The lowest BCUT2D eigenvalue weighted by atomic mass is 11.8. The van der Waals surface area contributed by atoms with E-state index < -0.39 is 9.16 Å². The second kappa shape index (κ2) is 1.59. The van der Waals surface area contributed by atoms with Crippen molar-refractivity contribution in [2.45, 2.75) is 0 Å². The molecule has 0 aromatic rings. The summed E-state index contributed by atoms with van der Waals surface area (Å²) in [6.45, 7) is 0. The van der Waals surface area contributed by atoms with Gasteiger partial charge in [0.2, 0.25) is 0 Å². The molecule has 0 bridgehead atoms. The maximum absolute atomic E-state index is 4.24. The van der Waals surface area contributed by atoms with E-state index in [9.17, 15) is 0 Å². The lowest BCUT2D eigenvalue weighted by molar-refractivity contribution is 1.85. The van der Waals surface area contributed by atoms with Crippen LogP contribution in [0.5, 0.6) is 0 Å². The molecule has 0 aliphatic carbocycles. The molecule has 0 atom stereocenters. The van der Waals surface area contributed by atoms with E-state index in [1.165, 1.54) is 0 Å². The summed E-state index contributed by atoms with van der Waals surface area (Å²) in [6, 6.07) is 0. The first kappa shape index (κ1) is 7.70. The topological polar surface area (TPSA) is 0 Å². The Bertz CT molecular complexity index is 58.6. The van der Waals surface area contributed by atoms with Crippen LogP contribution in [-0.2, 0) is 0 Å². The summed E-state index contributed by atoms with van der Waals surface area (Å²) in [5.41, 5.74) is 0. The van der Waals surface area contributed by atoms with Gasteiger partial charge in [-0.25, -0.2) is 0 Å². The number of hydrogen-bond acceptors (Lipinski definition) is 1. The maximum Gasteiger partial charge on any atom is 0.00711 e. The Kier molecular flexibility index (Phi) is 1.75. The summed E-state index contributed by atoms with van der Waals surface area (Å²) in [5, 5.41) is 1.06. The van der Waals surface area contributed by atoms with Gasteiger partial charge in [0, 0.05) is 5.08 Å². The zero-order chi connectivity index (χ0) is 6.15. The molecule has 7 heavy (non-hydrogen) atoms. The van der Waals surface area contributed by atoms with Crippen LogP contribution in [0.2, 0.25) is 0 Å². The van der Waals surface area contributed by atoms with Crippen LogP contribution in [0.4, 0.5) is 0 Å². The molecule has 0 aromatic carbocycles. The molecule has 0 aliphatic heterocycles. The lowest BCUT2D eigenvalue weighted by Gasteiger charge is -2.45. The van der Waals surface area contributed by atoms with Crippen LogP contribution in [0.15, 0.2) is 0 Å². The molecule has 0 rings (SSSR count). The van der Waals surface area contributed by atoms with Gasteiger partial charge in [-0.2, -0.15) is 12.6 Å². The standard InChI is InChI=1S/C5H16S2/c1-7(2,3,4)5-6/h6-7H,5H2,1-4H3. The second-order valence-electron chi connectivity index (χ2n) is 4.09. The molecular weight excluding hydrogens is 124 g/mol. The van der Waals surface area contributed by atoms with E-state index in [4.69, 9.17) is 0 Å². The third kappa shape index (κ3) is 6.70. The van der Waals surface area contributed by atoms with E-state index in [0.717, 1.165) is 5.08 Å². The number of rotatable bonds is 1. The Morgan fingerprint density at radius 3 is 1.29 bits per heavy atom. The van der Waals surface area contributed by atoms with Crippen LogP contribution in [0.1, 0.15) is 0 Å². The summed E-state index contributed by atoms with van der Waals surface area (Å²) in [7, 11) is -1.21. The average Bonchev–Trinajstić information content (AvgIpc) is 1.32. The van der Waals surface area contributed by atoms with Crippen molar-refractivity contribution in [3.8, 4) is 0 Å². The minimum absolute atomic E-state index is 1.06. The average molecular weight is 140 g/mol. The maximum atomic E-state index is 4.24. The highest BCUT2D eigenvalue weighted by atomic mass is 32.3. The van der Waals surface area contributed by atoms with Gasteiger partial charge in [0.05, 0.1) is 0 Å². The molecule has 0 fully saturated rings. The first-order valence-electron chi connectivity index (χ1n) is 2.42. The molecule has 0 aliphatic rings. The zero-order valence-electron chi connectivity index (χ0n) is 5.60.